The summed E-state index contributed by atoms with van der Waals surface area (Å²) in [6.45, 7) is 3.21. The zero-order valence-electron chi connectivity index (χ0n) is 13.2. The van der Waals surface area contributed by atoms with Crippen molar-refractivity contribution in [3.63, 3.8) is 0 Å². The van der Waals surface area contributed by atoms with E-state index in [-0.39, 0.29) is 0 Å². The summed E-state index contributed by atoms with van der Waals surface area (Å²) in [6.07, 6.45) is 2.16. The number of rotatable bonds is 7. The summed E-state index contributed by atoms with van der Waals surface area (Å²) in [7, 11) is 3.74. The number of hydrogen-bond donors (Lipinski definition) is 1. The Morgan fingerprint density at radius 1 is 1.05 bits per heavy atom. The van der Waals surface area contributed by atoms with Gasteiger partial charge >= 0.3 is 0 Å². The first kappa shape index (κ1) is 15.6. The highest BCUT2D eigenvalue weighted by atomic mass is 16.5. The molecule has 0 aromatic heterocycles. The molecule has 0 aliphatic heterocycles. The van der Waals surface area contributed by atoms with E-state index in [1.165, 1.54) is 16.7 Å². The van der Waals surface area contributed by atoms with Gasteiger partial charge in [0, 0.05) is 0 Å². The standard InChI is InChI=1S/C19H25NO/c1-15-7-4-5-9-18(15)12-17(14-20-2)11-16-8-6-10-19(13-16)21-3/h4-10,13,17,20H,11-12,14H2,1-3H3. The van der Waals surface area contributed by atoms with Crippen molar-refractivity contribution in [1.82, 2.24) is 5.32 Å². The predicted octanol–water partition coefficient (Wildman–Crippen LogP) is 3.62. The Morgan fingerprint density at radius 2 is 1.86 bits per heavy atom. The molecule has 2 heteroatoms. The zero-order chi connectivity index (χ0) is 15.1. The van der Waals surface area contributed by atoms with E-state index in [1.54, 1.807) is 7.11 Å². The Hall–Kier alpha value is -1.80. The maximum atomic E-state index is 5.32. The molecular weight excluding hydrogens is 258 g/mol. The van der Waals surface area contributed by atoms with E-state index in [0.717, 1.165) is 25.1 Å². The third kappa shape index (κ3) is 4.61. The van der Waals surface area contributed by atoms with Crippen LogP contribution in [0.1, 0.15) is 16.7 Å². The Kier molecular flexibility index (Phi) is 5.82. The molecule has 0 saturated carbocycles. The predicted molar refractivity (Wildman–Crippen MR) is 89.0 cm³/mol. The molecule has 1 N–H and O–H groups in total. The lowest BCUT2D eigenvalue weighted by atomic mass is 9.90. The smallest absolute Gasteiger partial charge is 0.119 e. The Morgan fingerprint density at radius 3 is 2.57 bits per heavy atom. The van der Waals surface area contributed by atoms with Gasteiger partial charge in [-0.3, -0.25) is 0 Å². The SMILES string of the molecule is CNCC(Cc1cccc(OC)c1)Cc1ccccc1C. The van der Waals surface area contributed by atoms with Crippen LogP contribution in [0.5, 0.6) is 5.75 Å². The lowest BCUT2D eigenvalue weighted by molar-refractivity contribution is 0.413. The first-order valence-corrected chi connectivity index (χ1v) is 7.55. The average molecular weight is 283 g/mol. The molecule has 0 radical (unpaired) electrons. The van der Waals surface area contributed by atoms with Crippen molar-refractivity contribution >= 4 is 0 Å². The van der Waals surface area contributed by atoms with Crippen molar-refractivity contribution in [3.8, 4) is 5.75 Å². The van der Waals surface area contributed by atoms with Crippen LogP contribution in [0.25, 0.3) is 0 Å². The van der Waals surface area contributed by atoms with E-state index >= 15 is 0 Å². The molecule has 2 rings (SSSR count). The van der Waals surface area contributed by atoms with Gasteiger partial charge in [-0.1, -0.05) is 36.4 Å². The average Bonchev–Trinajstić information content (AvgIpc) is 2.50. The normalized spacial score (nSPS) is 12.1. The minimum Gasteiger partial charge on any atom is -0.497 e. The minimum absolute atomic E-state index is 0.586. The second-order valence-electron chi connectivity index (χ2n) is 5.61. The van der Waals surface area contributed by atoms with E-state index in [2.05, 4.69) is 54.7 Å². The Labute approximate surface area is 128 Å². The van der Waals surface area contributed by atoms with Crippen LogP contribution in [-0.2, 0) is 12.8 Å². The topological polar surface area (TPSA) is 21.3 Å². The van der Waals surface area contributed by atoms with Gasteiger partial charge in [0.25, 0.3) is 0 Å². The number of nitrogens with one attached hydrogen (secondary N) is 1. The molecule has 0 spiro atoms. The van der Waals surface area contributed by atoms with Gasteiger partial charge in [0.15, 0.2) is 0 Å². The molecule has 112 valence electrons. The van der Waals surface area contributed by atoms with Crippen LogP contribution in [0.15, 0.2) is 48.5 Å². The molecule has 0 heterocycles. The molecular formula is C19H25NO. The fourth-order valence-electron chi connectivity index (χ4n) is 2.79. The molecule has 2 aromatic rings. The molecule has 2 nitrogen and oxygen atoms in total. The summed E-state index contributed by atoms with van der Waals surface area (Å²) >= 11 is 0. The monoisotopic (exact) mass is 283 g/mol. The van der Waals surface area contributed by atoms with Gasteiger partial charge in [0.05, 0.1) is 7.11 Å². The molecule has 21 heavy (non-hydrogen) atoms. The summed E-state index contributed by atoms with van der Waals surface area (Å²) in [4.78, 5) is 0. The number of aryl methyl sites for hydroxylation is 1. The fourth-order valence-corrected chi connectivity index (χ4v) is 2.79. The quantitative estimate of drug-likeness (QED) is 0.838. The van der Waals surface area contributed by atoms with Crippen molar-refractivity contribution in [2.75, 3.05) is 20.7 Å². The van der Waals surface area contributed by atoms with E-state index in [9.17, 15) is 0 Å². The lowest BCUT2D eigenvalue weighted by Gasteiger charge is -2.18. The number of benzene rings is 2. The molecule has 0 fully saturated rings. The van der Waals surface area contributed by atoms with Gasteiger partial charge in [-0.25, -0.2) is 0 Å². The molecule has 0 aliphatic carbocycles. The first-order chi connectivity index (χ1) is 10.2. The molecule has 1 atom stereocenters. The van der Waals surface area contributed by atoms with Crippen LogP contribution in [-0.4, -0.2) is 20.7 Å². The van der Waals surface area contributed by atoms with Crippen LogP contribution in [0.4, 0.5) is 0 Å². The highest BCUT2D eigenvalue weighted by molar-refractivity contribution is 5.30. The third-order valence-corrected chi connectivity index (χ3v) is 3.92. The van der Waals surface area contributed by atoms with E-state index < -0.39 is 0 Å². The summed E-state index contributed by atoms with van der Waals surface area (Å²) in [5.74, 6) is 1.52. The van der Waals surface area contributed by atoms with Crippen molar-refractivity contribution in [1.29, 1.82) is 0 Å². The molecule has 1 unspecified atom stereocenters. The van der Waals surface area contributed by atoms with Gasteiger partial charge < -0.3 is 10.1 Å². The van der Waals surface area contributed by atoms with Gasteiger partial charge in [0.1, 0.15) is 5.75 Å². The Bertz CT molecular complexity index is 565. The van der Waals surface area contributed by atoms with E-state index in [4.69, 9.17) is 4.74 Å². The lowest BCUT2D eigenvalue weighted by Crippen LogP contribution is -2.23. The second-order valence-corrected chi connectivity index (χ2v) is 5.61. The summed E-state index contributed by atoms with van der Waals surface area (Å²) < 4.78 is 5.32. The van der Waals surface area contributed by atoms with Gasteiger partial charge in [-0.05, 0) is 68.1 Å². The van der Waals surface area contributed by atoms with E-state index in [0.29, 0.717) is 5.92 Å². The molecule has 0 saturated heterocycles. The first-order valence-electron chi connectivity index (χ1n) is 7.55. The van der Waals surface area contributed by atoms with Crippen LogP contribution in [0, 0.1) is 12.8 Å². The zero-order valence-corrected chi connectivity index (χ0v) is 13.2. The van der Waals surface area contributed by atoms with Crippen molar-refractivity contribution in [2.24, 2.45) is 5.92 Å². The molecule has 0 aliphatic rings. The van der Waals surface area contributed by atoms with Crippen molar-refractivity contribution in [3.05, 3.63) is 65.2 Å². The van der Waals surface area contributed by atoms with Crippen molar-refractivity contribution < 1.29 is 4.74 Å². The number of ether oxygens (including phenoxy) is 1. The molecule has 0 amide bonds. The second kappa shape index (κ2) is 7.84. The van der Waals surface area contributed by atoms with Gasteiger partial charge in [0.2, 0.25) is 0 Å². The highest BCUT2D eigenvalue weighted by Crippen LogP contribution is 2.20. The largest absolute Gasteiger partial charge is 0.497 e. The van der Waals surface area contributed by atoms with Crippen LogP contribution in [0.3, 0.4) is 0 Å². The summed E-state index contributed by atoms with van der Waals surface area (Å²) in [5, 5.41) is 3.33. The summed E-state index contributed by atoms with van der Waals surface area (Å²) in [6, 6.07) is 17.1. The highest BCUT2D eigenvalue weighted by Gasteiger charge is 2.12. The van der Waals surface area contributed by atoms with Gasteiger partial charge in [-0.15, -0.1) is 0 Å². The summed E-state index contributed by atoms with van der Waals surface area (Å²) in [5.41, 5.74) is 4.16. The Balaban J connectivity index is 2.10. The third-order valence-electron chi connectivity index (χ3n) is 3.92. The maximum Gasteiger partial charge on any atom is 0.119 e. The fraction of sp³-hybridized carbons (Fsp3) is 0.368. The van der Waals surface area contributed by atoms with Gasteiger partial charge in [-0.2, -0.15) is 0 Å². The van der Waals surface area contributed by atoms with E-state index in [1.807, 2.05) is 13.1 Å². The van der Waals surface area contributed by atoms with Crippen LogP contribution < -0.4 is 10.1 Å². The van der Waals surface area contributed by atoms with Crippen LogP contribution in [0.2, 0.25) is 0 Å². The van der Waals surface area contributed by atoms with Crippen molar-refractivity contribution in [2.45, 2.75) is 19.8 Å². The molecule has 0 bridgehead atoms. The maximum absolute atomic E-state index is 5.32. The minimum atomic E-state index is 0.586. The molecule has 2 aromatic carbocycles. The number of hydrogen-bond acceptors (Lipinski definition) is 2. The number of methoxy groups -OCH3 is 1. The van der Waals surface area contributed by atoms with Crippen LogP contribution >= 0.6 is 0 Å².